The third kappa shape index (κ3) is 25.8. The van der Waals surface area contributed by atoms with Gasteiger partial charge in [0.15, 0.2) is 0 Å². The minimum Gasteiger partial charge on any atom is -0.497 e. The Kier molecular flexibility index (Phi) is 32.0. The highest BCUT2D eigenvalue weighted by Gasteiger charge is 2.17. The molecule has 0 aliphatic heterocycles. The van der Waals surface area contributed by atoms with Gasteiger partial charge in [-0.25, -0.2) is 33.9 Å². The number of nitrogens with zero attached hydrogens (tertiary/aromatic N) is 5. The van der Waals surface area contributed by atoms with E-state index in [0.717, 1.165) is 69.4 Å². The van der Waals surface area contributed by atoms with Gasteiger partial charge in [0.1, 0.15) is 34.6 Å². The highest BCUT2D eigenvalue weighted by molar-refractivity contribution is 9.11. The number of benzene rings is 6. The molecular weight excluding hydrogens is 1550 g/mol. The maximum atomic E-state index is 12.8. The molecule has 100 heavy (non-hydrogen) atoms. The van der Waals surface area contributed by atoms with Crippen LogP contribution in [0.15, 0.2) is 194 Å². The van der Waals surface area contributed by atoms with Gasteiger partial charge in [0.2, 0.25) is 0 Å². The number of hydrogen-bond donors (Lipinski definition) is 4. The molecule has 0 radical (unpaired) electrons. The number of carboxylic acid groups (broad SMARTS) is 3. The molecule has 0 spiro atoms. The first kappa shape index (κ1) is 80.3. The summed E-state index contributed by atoms with van der Waals surface area (Å²) in [6.07, 6.45) is 8.77. The summed E-state index contributed by atoms with van der Waals surface area (Å²) < 4.78 is 37.8. The van der Waals surface area contributed by atoms with Gasteiger partial charge in [-0.2, -0.15) is 0 Å². The van der Waals surface area contributed by atoms with Crippen LogP contribution in [0.3, 0.4) is 0 Å². The van der Waals surface area contributed by atoms with E-state index in [1.54, 1.807) is 125 Å². The van der Waals surface area contributed by atoms with Crippen molar-refractivity contribution in [1.82, 2.24) is 30.2 Å². The van der Waals surface area contributed by atoms with Crippen molar-refractivity contribution in [3.8, 4) is 62.5 Å². The zero-order chi connectivity index (χ0) is 73.8. The van der Waals surface area contributed by atoms with Crippen LogP contribution in [-0.2, 0) is 9.47 Å². The molecule has 6 aromatic carbocycles. The summed E-state index contributed by atoms with van der Waals surface area (Å²) >= 11 is 12.8. The van der Waals surface area contributed by atoms with Crippen LogP contribution in [0.5, 0.6) is 28.7 Å². The number of esters is 2. The van der Waals surface area contributed by atoms with E-state index in [-0.39, 0.29) is 34.6 Å². The number of aryl methyl sites for hydroxylation is 4. The van der Waals surface area contributed by atoms with Crippen molar-refractivity contribution >= 4 is 99.5 Å². The van der Waals surface area contributed by atoms with E-state index >= 15 is 0 Å². The summed E-state index contributed by atoms with van der Waals surface area (Å²) in [6.45, 7) is 9.63. The molecule has 26 heteroatoms. The van der Waals surface area contributed by atoms with E-state index in [2.05, 4.69) is 98.7 Å². The molecule has 10 aromatic rings. The monoisotopic (exact) mass is 1610 g/mol. The normalized spacial score (nSPS) is 10.3. The number of halogens is 4. The Hall–Kier alpha value is -10.4. The molecular formula is C74H70Br4N6O16. The number of hydrogen-bond acceptors (Lipinski definition) is 18. The summed E-state index contributed by atoms with van der Waals surface area (Å²) in [5, 5.41) is 29.3. The van der Waals surface area contributed by atoms with Crippen LogP contribution < -0.4 is 29.0 Å². The topological polar surface area (TPSA) is 304 Å². The number of ether oxygens (including phenoxy) is 7. The van der Waals surface area contributed by atoms with E-state index in [9.17, 15) is 28.8 Å². The Morgan fingerprint density at radius 1 is 0.360 bits per heavy atom. The Balaban J connectivity index is 0.000000223. The van der Waals surface area contributed by atoms with Gasteiger partial charge in [0, 0.05) is 76.7 Å². The Labute approximate surface area is 611 Å². The lowest BCUT2D eigenvalue weighted by Crippen LogP contribution is -2.27. The Morgan fingerprint density at radius 2 is 0.650 bits per heavy atom. The number of rotatable bonds is 16. The van der Waals surface area contributed by atoms with Crippen LogP contribution in [0, 0.1) is 27.7 Å². The highest BCUT2D eigenvalue weighted by Crippen LogP contribution is 2.30. The fourth-order valence-corrected chi connectivity index (χ4v) is 10.6. The maximum Gasteiger partial charge on any atom is 0.338 e. The lowest BCUT2D eigenvalue weighted by atomic mass is 10.0. The van der Waals surface area contributed by atoms with Crippen molar-refractivity contribution in [2.24, 2.45) is 0 Å². The van der Waals surface area contributed by atoms with Crippen molar-refractivity contribution in [3.05, 3.63) is 256 Å². The summed E-state index contributed by atoms with van der Waals surface area (Å²) in [5.41, 5.74) is 10.8. The van der Waals surface area contributed by atoms with Crippen molar-refractivity contribution in [3.63, 3.8) is 0 Å². The molecule has 0 fully saturated rings. The van der Waals surface area contributed by atoms with Gasteiger partial charge in [-0.15, -0.1) is 0 Å². The first-order chi connectivity index (χ1) is 47.6. The maximum absolute atomic E-state index is 12.8. The van der Waals surface area contributed by atoms with Crippen molar-refractivity contribution < 1.29 is 77.2 Å². The number of pyridine rings is 3. The molecule has 0 saturated carbocycles. The number of carbonyl (C=O) groups is 6. The molecule has 1 amide bonds. The van der Waals surface area contributed by atoms with Crippen LogP contribution in [-0.4, -0.2) is 126 Å². The second kappa shape index (κ2) is 39.9. The third-order valence-corrected chi connectivity index (χ3v) is 15.4. The number of carboxylic acids is 3. The first-order valence-electron chi connectivity index (χ1n) is 29.6. The smallest absolute Gasteiger partial charge is 0.338 e. The Bertz CT molecular complexity index is 4430. The van der Waals surface area contributed by atoms with Gasteiger partial charge in [-0.1, -0.05) is 81.9 Å². The molecule has 4 aromatic heterocycles. The summed E-state index contributed by atoms with van der Waals surface area (Å²) in [4.78, 5) is 89.0. The lowest BCUT2D eigenvalue weighted by molar-refractivity contribution is 0.0591. The largest absolute Gasteiger partial charge is 0.497 e. The molecule has 0 aliphatic rings. The first-order valence-corrected chi connectivity index (χ1v) is 32.7. The minimum absolute atomic E-state index is 0.187. The third-order valence-electron chi connectivity index (χ3n) is 13.6. The summed E-state index contributed by atoms with van der Waals surface area (Å²) in [5.74, 6) is -0.290. The lowest BCUT2D eigenvalue weighted by Gasteiger charge is -2.15. The zero-order valence-corrected chi connectivity index (χ0v) is 62.6. The molecule has 1 atom stereocenters. The van der Waals surface area contributed by atoms with Gasteiger partial charge >= 0.3 is 29.8 Å². The standard InChI is InChI=1S/C21H22N4O2.C15H15NO3.C14H13NO3.C9H9BrO3.C8H7BrO3.C7H4Br2O2/c1-13-5-6-20(24-10-13)16-7-17(9-19(8-16)27-4)21(26)25-14(2)18-11-22-15(3)23-12-18;1-10-4-5-14(16-9-10)11-6-12(15(17)19-3)8-13(7-11)18-2;1-9-3-4-13(15-8-9)10-5-11(14(16)17)7-12(6-10)18-2;1-12-8-4-6(9(11)13-2)3-7(10)5-8;1-12-7-3-5(8(10)11)2-6(9)4-7;8-5-1-4(7(10)11)2-6(9)3-5/h5-12,14H,1-4H3,(H,25,26);4-9H,1-3H3;3-8H,1-2H3,(H,16,17);3-5H,1-2H3;2-4H,1H3,(H,10,11);1-3H,(H,10,11)/t14-;;;;;/m1...../s1. The molecule has 0 bridgehead atoms. The van der Waals surface area contributed by atoms with E-state index in [0.29, 0.717) is 55.7 Å². The fraction of sp³-hybridized carbons (Fsp3) is 0.176. The van der Waals surface area contributed by atoms with Crippen LogP contribution in [0.1, 0.15) is 103 Å². The Morgan fingerprint density at radius 3 is 0.990 bits per heavy atom. The average Bonchev–Trinajstić information content (AvgIpc) is 0.835. The second-order valence-electron chi connectivity index (χ2n) is 21.1. The van der Waals surface area contributed by atoms with Gasteiger partial charge in [0.25, 0.3) is 5.91 Å². The second-order valence-corrected chi connectivity index (χ2v) is 24.8. The summed E-state index contributed by atoms with van der Waals surface area (Å²) in [7, 11) is 10.4. The van der Waals surface area contributed by atoms with Crippen molar-refractivity contribution in [2.75, 3.05) is 49.8 Å². The van der Waals surface area contributed by atoms with Gasteiger partial charge < -0.3 is 53.8 Å². The molecule has 0 unspecified atom stereocenters. The fourth-order valence-electron chi connectivity index (χ4n) is 8.39. The number of aromatic carboxylic acids is 3. The van der Waals surface area contributed by atoms with Gasteiger partial charge in [0.05, 0.1) is 101 Å². The zero-order valence-electron chi connectivity index (χ0n) is 56.2. The van der Waals surface area contributed by atoms with Gasteiger partial charge in [-0.3, -0.25) is 19.7 Å². The van der Waals surface area contributed by atoms with E-state index in [4.69, 9.17) is 43.7 Å². The van der Waals surface area contributed by atoms with Crippen LogP contribution in [0.2, 0.25) is 0 Å². The minimum atomic E-state index is -0.984. The molecule has 10 rings (SSSR count). The number of nitrogens with one attached hydrogen (secondary N) is 1. The number of amides is 1. The predicted molar refractivity (Wildman–Crippen MR) is 392 cm³/mol. The van der Waals surface area contributed by atoms with Gasteiger partial charge in [-0.05, 0) is 179 Å². The number of carbonyl (C=O) groups excluding carboxylic acids is 3. The number of aromatic nitrogens is 5. The van der Waals surface area contributed by atoms with Crippen LogP contribution >= 0.6 is 63.7 Å². The molecule has 22 nitrogen and oxygen atoms in total. The number of methoxy groups -OCH3 is 7. The summed E-state index contributed by atoms with van der Waals surface area (Å²) in [6, 6.07) is 41.5. The van der Waals surface area contributed by atoms with E-state index in [1.807, 2.05) is 89.2 Å². The van der Waals surface area contributed by atoms with Crippen LogP contribution in [0.4, 0.5) is 0 Å². The average molecular weight is 1620 g/mol. The van der Waals surface area contributed by atoms with Crippen LogP contribution in [0.25, 0.3) is 33.8 Å². The quantitative estimate of drug-likeness (QED) is 0.0653. The predicted octanol–water partition coefficient (Wildman–Crippen LogP) is 16.6. The SMILES string of the molecule is COC(=O)c1cc(Br)cc(OC)c1.COC(=O)c1cc(OC)cc(-c2ccc(C)cn2)c1.COc1cc(Br)cc(C(=O)O)c1.COc1cc(C(=O)N[C@H](C)c2cnc(C)nc2)cc(-c2ccc(C)cn2)c1.COc1cc(C(=O)O)cc(-c2ccc(C)cn2)c1.O=C(O)c1cc(Br)cc(Br)c1. The molecule has 520 valence electrons. The van der Waals surface area contributed by atoms with Crippen molar-refractivity contribution in [1.29, 1.82) is 0 Å². The molecule has 0 saturated heterocycles. The van der Waals surface area contributed by atoms with E-state index < -0.39 is 23.9 Å². The highest BCUT2D eigenvalue weighted by atomic mass is 79.9. The molecule has 4 heterocycles. The molecule has 4 N–H and O–H groups in total. The van der Waals surface area contributed by atoms with E-state index in [1.165, 1.54) is 46.6 Å². The van der Waals surface area contributed by atoms with Crippen molar-refractivity contribution in [2.45, 2.75) is 40.7 Å². The molecule has 0 aliphatic carbocycles.